The van der Waals surface area contributed by atoms with E-state index in [9.17, 15) is 0 Å². The fraction of sp³-hybridized carbons (Fsp3) is 0.684. The minimum Gasteiger partial charge on any atom is -0.475 e. The van der Waals surface area contributed by atoms with Crippen molar-refractivity contribution < 1.29 is 9.47 Å². The van der Waals surface area contributed by atoms with Gasteiger partial charge in [-0.25, -0.2) is 4.98 Å². The second kappa shape index (κ2) is 16.1. The number of nitrogens with zero attached hydrogens (tertiary/aromatic N) is 2. The van der Waals surface area contributed by atoms with Crippen LogP contribution < -0.4 is 15.4 Å². The lowest BCUT2D eigenvalue weighted by Crippen LogP contribution is -2.41. The van der Waals surface area contributed by atoms with E-state index in [1.165, 1.54) is 25.7 Å². The van der Waals surface area contributed by atoms with Gasteiger partial charge in [-0.15, -0.1) is 24.0 Å². The van der Waals surface area contributed by atoms with Gasteiger partial charge in [0.05, 0.1) is 6.61 Å². The number of methoxy groups -OCH3 is 1. The highest BCUT2D eigenvalue weighted by atomic mass is 127. The van der Waals surface area contributed by atoms with Gasteiger partial charge in [-0.05, 0) is 18.9 Å². The molecule has 7 heteroatoms. The molecule has 1 aromatic rings. The van der Waals surface area contributed by atoms with Crippen molar-refractivity contribution in [1.82, 2.24) is 15.6 Å². The first-order valence-electron chi connectivity index (χ1n) is 9.23. The lowest BCUT2D eigenvalue weighted by atomic mass is 10.1. The molecule has 0 radical (unpaired) electrons. The summed E-state index contributed by atoms with van der Waals surface area (Å²) in [6.07, 6.45) is 8.13. The molecular weight excluding hydrogens is 443 g/mol. The second-order valence-corrected chi connectivity index (χ2v) is 6.17. The van der Waals surface area contributed by atoms with Crippen LogP contribution in [0.2, 0.25) is 0 Å². The molecule has 0 amide bonds. The van der Waals surface area contributed by atoms with E-state index in [1.54, 1.807) is 14.2 Å². The maximum absolute atomic E-state index is 5.46. The summed E-state index contributed by atoms with van der Waals surface area (Å²) in [5, 5.41) is 6.77. The molecule has 0 saturated carbocycles. The van der Waals surface area contributed by atoms with Crippen molar-refractivity contribution >= 4 is 29.9 Å². The number of nitrogens with one attached hydrogen (secondary N) is 2. The predicted octanol–water partition coefficient (Wildman–Crippen LogP) is 3.75. The van der Waals surface area contributed by atoms with Gasteiger partial charge in [-0.1, -0.05) is 38.7 Å². The van der Waals surface area contributed by atoms with E-state index in [0.717, 1.165) is 17.9 Å². The summed E-state index contributed by atoms with van der Waals surface area (Å²) < 4.78 is 10.4. The standard InChI is InChI=1S/C19H34N4O2.HI/c1-5-6-7-8-9-16(2)23-19(20-3)22-15-17-10-11-18(21-14-17)25-13-12-24-4;/h10-11,14,16H,5-9,12-13,15H2,1-4H3,(H2,20,22,23);1H. The van der Waals surface area contributed by atoms with Gasteiger partial charge in [0.1, 0.15) is 6.61 Å². The van der Waals surface area contributed by atoms with Crippen LogP contribution in [0, 0.1) is 0 Å². The van der Waals surface area contributed by atoms with Crippen molar-refractivity contribution in [2.24, 2.45) is 4.99 Å². The minimum absolute atomic E-state index is 0. The Hall–Kier alpha value is -1.09. The molecule has 1 unspecified atom stereocenters. The first-order chi connectivity index (χ1) is 12.2. The number of aromatic nitrogens is 1. The van der Waals surface area contributed by atoms with Crippen molar-refractivity contribution in [3.05, 3.63) is 23.9 Å². The van der Waals surface area contributed by atoms with E-state index in [4.69, 9.17) is 9.47 Å². The van der Waals surface area contributed by atoms with Crippen LogP contribution in [0.25, 0.3) is 0 Å². The monoisotopic (exact) mass is 478 g/mol. The van der Waals surface area contributed by atoms with Crippen LogP contribution in [0.1, 0.15) is 51.5 Å². The van der Waals surface area contributed by atoms with Crippen LogP contribution in [0.4, 0.5) is 0 Å². The van der Waals surface area contributed by atoms with Crippen LogP contribution in [0.15, 0.2) is 23.3 Å². The van der Waals surface area contributed by atoms with Crippen molar-refractivity contribution in [3.63, 3.8) is 0 Å². The van der Waals surface area contributed by atoms with Crippen LogP contribution in [-0.2, 0) is 11.3 Å². The highest BCUT2D eigenvalue weighted by Gasteiger charge is 2.05. The van der Waals surface area contributed by atoms with E-state index >= 15 is 0 Å². The summed E-state index contributed by atoms with van der Waals surface area (Å²) in [7, 11) is 3.45. The molecule has 2 N–H and O–H groups in total. The number of ether oxygens (including phenoxy) is 2. The Balaban J connectivity index is 0.00000625. The Labute approximate surface area is 175 Å². The Morgan fingerprint density at radius 2 is 2.04 bits per heavy atom. The van der Waals surface area contributed by atoms with Crippen molar-refractivity contribution in [2.75, 3.05) is 27.4 Å². The molecule has 0 saturated heterocycles. The molecule has 150 valence electrons. The van der Waals surface area contributed by atoms with E-state index in [1.807, 2.05) is 18.3 Å². The van der Waals surface area contributed by atoms with Crippen LogP contribution >= 0.6 is 24.0 Å². The maximum Gasteiger partial charge on any atom is 0.213 e. The van der Waals surface area contributed by atoms with Crippen molar-refractivity contribution in [1.29, 1.82) is 0 Å². The molecule has 26 heavy (non-hydrogen) atoms. The Morgan fingerprint density at radius 3 is 2.65 bits per heavy atom. The third-order valence-corrected chi connectivity index (χ3v) is 3.89. The van der Waals surface area contributed by atoms with E-state index < -0.39 is 0 Å². The Kier molecular flexibility index (Phi) is 15.4. The Morgan fingerprint density at radius 1 is 1.23 bits per heavy atom. The van der Waals surface area contributed by atoms with Crippen molar-refractivity contribution in [3.8, 4) is 5.88 Å². The van der Waals surface area contributed by atoms with Gasteiger partial charge in [0.15, 0.2) is 5.96 Å². The molecule has 6 nitrogen and oxygen atoms in total. The molecule has 0 aliphatic carbocycles. The minimum atomic E-state index is 0. The average Bonchev–Trinajstić information content (AvgIpc) is 2.63. The normalized spacial score (nSPS) is 12.2. The van der Waals surface area contributed by atoms with Gasteiger partial charge >= 0.3 is 0 Å². The van der Waals surface area contributed by atoms with Gasteiger partial charge < -0.3 is 20.1 Å². The molecule has 1 aromatic heterocycles. The summed E-state index contributed by atoms with van der Waals surface area (Å²) in [5.41, 5.74) is 1.08. The first-order valence-corrected chi connectivity index (χ1v) is 9.23. The fourth-order valence-corrected chi connectivity index (χ4v) is 2.39. The van der Waals surface area contributed by atoms with Gasteiger partial charge in [-0.2, -0.15) is 0 Å². The number of rotatable bonds is 12. The largest absolute Gasteiger partial charge is 0.475 e. The zero-order valence-electron chi connectivity index (χ0n) is 16.6. The summed E-state index contributed by atoms with van der Waals surface area (Å²) in [6, 6.07) is 4.29. The molecule has 0 aliphatic heterocycles. The molecular formula is C19H35IN4O2. The Bertz CT molecular complexity index is 483. The number of hydrogen-bond donors (Lipinski definition) is 2. The summed E-state index contributed by atoms with van der Waals surface area (Å²) in [4.78, 5) is 8.59. The van der Waals surface area contributed by atoms with Gasteiger partial charge in [0.25, 0.3) is 0 Å². The molecule has 0 bridgehead atoms. The van der Waals surface area contributed by atoms with Crippen molar-refractivity contribution in [2.45, 2.75) is 58.5 Å². The first kappa shape index (κ1) is 24.9. The number of unbranched alkanes of at least 4 members (excludes halogenated alkanes) is 3. The van der Waals surface area contributed by atoms with Gasteiger partial charge in [-0.3, -0.25) is 4.99 Å². The quantitative estimate of drug-likeness (QED) is 0.207. The lowest BCUT2D eigenvalue weighted by Gasteiger charge is -2.18. The SMILES string of the molecule is CCCCCCC(C)NC(=NC)NCc1ccc(OCCOC)nc1.I. The third kappa shape index (κ3) is 11.5. The lowest BCUT2D eigenvalue weighted by molar-refractivity contribution is 0.143. The number of aliphatic imine (C=N–C) groups is 1. The highest BCUT2D eigenvalue weighted by Crippen LogP contribution is 2.08. The number of guanidine groups is 1. The molecule has 0 spiro atoms. The average molecular weight is 478 g/mol. The molecule has 0 fully saturated rings. The number of halogens is 1. The third-order valence-electron chi connectivity index (χ3n) is 3.89. The summed E-state index contributed by atoms with van der Waals surface area (Å²) >= 11 is 0. The smallest absolute Gasteiger partial charge is 0.213 e. The summed E-state index contributed by atoms with van der Waals surface area (Å²) in [6.45, 7) is 6.18. The molecule has 0 aromatic carbocycles. The molecule has 0 aliphatic rings. The zero-order valence-corrected chi connectivity index (χ0v) is 18.9. The predicted molar refractivity (Wildman–Crippen MR) is 119 cm³/mol. The summed E-state index contributed by atoms with van der Waals surface area (Å²) in [5.74, 6) is 1.44. The second-order valence-electron chi connectivity index (χ2n) is 6.17. The topological polar surface area (TPSA) is 67.8 Å². The van der Waals surface area contributed by atoms with Crippen LogP contribution in [0.5, 0.6) is 5.88 Å². The molecule has 1 rings (SSSR count). The van der Waals surface area contributed by atoms with E-state index in [2.05, 4.69) is 34.5 Å². The number of pyridine rings is 1. The van der Waals surface area contributed by atoms with Crippen LogP contribution in [0.3, 0.4) is 0 Å². The van der Waals surface area contributed by atoms with Gasteiger partial charge in [0, 0.05) is 39.0 Å². The van der Waals surface area contributed by atoms with E-state index in [-0.39, 0.29) is 24.0 Å². The molecule has 1 atom stereocenters. The highest BCUT2D eigenvalue weighted by molar-refractivity contribution is 14.0. The molecule has 1 heterocycles. The maximum atomic E-state index is 5.46. The van der Waals surface area contributed by atoms with Gasteiger partial charge in [0.2, 0.25) is 5.88 Å². The van der Waals surface area contributed by atoms with Crippen LogP contribution in [-0.4, -0.2) is 44.4 Å². The zero-order chi connectivity index (χ0) is 18.3. The number of hydrogen-bond acceptors (Lipinski definition) is 4. The van der Waals surface area contributed by atoms with E-state index in [0.29, 0.717) is 31.7 Å². The fourth-order valence-electron chi connectivity index (χ4n) is 2.39.